The molecule has 25 heavy (non-hydrogen) atoms. The van der Waals surface area contributed by atoms with E-state index < -0.39 is 10.0 Å². The molecule has 4 rings (SSSR count). The molecule has 0 unspecified atom stereocenters. The highest BCUT2D eigenvalue weighted by molar-refractivity contribution is 7.89. The van der Waals surface area contributed by atoms with Crippen molar-refractivity contribution in [1.82, 2.24) is 10.0 Å². The van der Waals surface area contributed by atoms with E-state index in [9.17, 15) is 13.2 Å². The van der Waals surface area contributed by atoms with Crippen LogP contribution in [-0.4, -0.2) is 26.4 Å². The summed E-state index contributed by atoms with van der Waals surface area (Å²) in [6.45, 7) is 6.83. The summed E-state index contributed by atoms with van der Waals surface area (Å²) in [6, 6.07) is 2.90. The minimum Gasteiger partial charge on any atom is -0.438 e. The molecule has 3 atom stereocenters. The van der Waals surface area contributed by atoms with Crippen LogP contribution in [0.25, 0.3) is 0 Å². The van der Waals surface area contributed by atoms with E-state index in [-0.39, 0.29) is 39.7 Å². The molecule has 0 aliphatic heterocycles. The Bertz CT molecular complexity index is 809. The fourth-order valence-electron chi connectivity index (χ4n) is 4.72. The second-order valence-electron chi connectivity index (χ2n) is 8.65. The molecule has 1 aromatic rings. The van der Waals surface area contributed by atoms with Crippen LogP contribution in [-0.2, 0) is 10.0 Å². The zero-order chi connectivity index (χ0) is 18.0. The van der Waals surface area contributed by atoms with Crippen molar-refractivity contribution in [1.29, 1.82) is 0 Å². The third-order valence-electron chi connectivity index (χ3n) is 7.07. The van der Waals surface area contributed by atoms with E-state index in [0.29, 0.717) is 5.92 Å². The van der Waals surface area contributed by atoms with Crippen LogP contribution in [0, 0.1) is 16.7 Å². The van der Waals surface area contributed by atoms with Gasteiger partial charge in [0.1, 0.15) is 0 Å². The lowest BCUT2D eigenvalue weighted by Gasteiger charge is -2.39. The average molecular weight is 366 g/mol. The van der Waals surface area contributed by atoms with Crippen molar-refractivity contribution in [2.45, 2.75) is 70.1 Å². The van der Waals surface area contributed by atoms with E-state index in [1.807, 2.05) is 0 Å². The minimum atomic E-state index is -3.67. The molecule has 138 valence electrons. The molecule has 0 spiro atoms. The normalized spacial score (nSPS) is 33.6. The largest absolute Gasteiger partial charge is 0.438 e. The summed E-state index contributed by atoms with van der Waals surface area (Å²) < 4.78 is 32.2. The second kappa shape index (κ2) is 5.33. The lowest BCUT2D eigenvalue weighted by Crippen LogP contribution is -2.46. The number of nitrogens with one attached hydrogen (secondary N) is 2. The predicted octanol–water partition coefficient (Wildman–Crippen LogP) is 2.66. The van der Waals surface area contributed by atoms with Crippen LogP contribution in [0.1, 0.15) is 63.4 Å². The number of sulfonamides is 1. The maximum atomic E-state index is 12.6. The number of amides is 1. The molecule has 1 heterocycles. The summed E-state index contributed by atoms with van der Waals surface area (Å²) in [6.07, 6.45) is 5.00. The summed E-state index contributed by atoms with van der Waals surface area (Å²) in [5, 5.41) is 2.90. The van der Waals surface area contributed by atoms with Gasteiger partial charge in [0.15, 0.2) is 5.76 Å². The molecule has 0 aromatic carbocycles. The topological polar surface area (TPSA) is 88.4 Å². The highest BCUT2D eigenvalue weighted by Gasteiger charge is 2.61. The van der Waals surface area contributed by atoms with Crippen LogP contribution >= 0.6 is 0 Å². The van der Waals surface area contributed by atoms with Gasteiger partial charge < -0.3 is 9.73 Å². The fraction of sp³-hybridized carbons (Fsp3) is 0.722. The first kappa shape index (κ1) is 17.1. The van der Waals surface area contributed by atoms with Crippen molar-refractivity contribution >= 4 is 15.9 Å². The number of hydrogen-bond donors (Lipinski definition) is 2. The molecule has 3 aliphatic rings. The van der Waals surface area contributed by atoms with Crippen molar-refractivity contribution in [3.63, 3.8) is 0 Å². The molecule has 2 bridgehead atoms. The van der Waals surface area contributed by atoms with Crippen molar-refractivity contribution in [2.75, 3.05) is 0 Å². The quantitative estimate of drug-likeness (QED) is 0.838. The third-order valence-corrected chi connectivity index (χ3v) is 8.46. The van der Waals surface area contributed by atoms with Crippen LogP contribution in [0.4, 0.5) is 0 Å². The summed E-state index contributed by atoms with van der Waals surface area (Å²) >= 11 is 0. The highest BCUT2D eigenvalue weighted by atomic mass is 32.2. The summed E-state index contributed by atoms with van der Waals surface area (Å²) in [4.78, 5) is 12.6. The number of carbonyl (C=O) groups excluding carboxylic acids is 1. The van der Waals surface area contributed by atoms with Crippen LogP contribution in [0.15, 0.2) is 21.6 Å². The van der Waals surface area contributed by atoms with Gasteiger partial charge in [-0.15, -0.1) is 0 Å². The van der Waals surface area contributed by atoms with Gasteiger partial charge in [-0.2, -0.15) is 0 Å². The molecular weight excluding hydrogens is 340 g/mol. The Hall–Kier alpha value is -1.34. The summed E-state index contributed by atoms with van der Waals surface area (Å²) in [7, 11) is -3.67. The first-order valence-corrected chi connectivity index (χ1v) is 10.5. The fourth-order valence-corrected chi connectivity index (χ4v) is 5.95. The zero-order valence-corrected chi connectivity index (χ0v) is 15.8. The van der Waals surface area contributed by atoms with Gasteiger partial charge in [-0.1, -0.05) is 20.8 Å². The molecule has 0 saturated heterocycles. The Morgan fingerprint density at radius 2 is 1.92 bits per heavy atom. The van der Waals surface area contributed by atoms with Crippen molar-refractivity contribution in [3.05, 3.63) is 17.9 Å². The van der Waals surface area contributed by atoms with E-state index in [1.165, 1.54) is 18.6 Å². The lowest BCUT2D eigenvalue weighted by molar-refractivity contribution is 0.0796. The molecule has 3 aliphatic carbocycles. The van der Waals surface area contributed by atoms with Gasteiger partial charge in [-0.3, -0.25) is 4.79 Å². The SMILES string of the molecule is CC1(C)[C@H]2CC[C@@]1(C)[C@@H](NC(=O)c1ccc(S(=O)(=O)NC3CC3)o1)C2. The highest BCUT2D eigenvalue weighted by Crippen LogP contribution is 2.65. The van der Waals surface area contributed by atoms with Gasteiger partial charge in [-0.25, -0.2) is 13.1 Å². The molecule has 1 amide bonds. The van der Waals surface area contributed by atoms with Crippen molar-refractivity contribution in [3.8, 4) is 0 Å². The average Bonchev–Trinajstić information content (AvgIpc) is 3.06. The molecule has 6 nitrogen and oxygen atoms in total. The van der Waals surface area contributed by atoms with Crippen LogP contribution < -0.4 is 10.0 Å². The Kier molecular flexibility index (Phi) is 3.64. The first-order valence-electron chi connectivity index (χ1n) is 9.06. The van der Waals surface area contributed by atoms with Crippen LogP contribution in [0.3, 0.4) is 0 Å². The smallest absolute Gasteiger partial charge is 0.287 e. The van der Waals surface area contributed by atoms with Gasteiger partial charge in [0.25, 0.3) is 15.9 Å². The van der Waals surface area contributed by atoms with Crippen molar-refractivity contribution in [2.24, 2.45) is 16.7 Å². The Morgan fingerprint density at radius 1 is 1.20 bits per heavy atom. The summed E-state index contributed by atoms with van der Waals surface area (Å²) in [5.41, 5.74) is 0.277. The van der Waals surface area contributed by atoms with Crippen LogP contribution in [0.2, 0.25) is 0 Å². The third kappa shape index (κ3) is 2.63. The van der Waals surface area contributed by atoms with E-state index in [2.05, 4.69) is 30.8 Å². The Balaban J connectivity index is 1.48. The van der Waals surface area contributed by atoms with E-state index in [1.54, 1.807) is 0 Å². The molecule has 3 fully saturated rings. The second-order valence-corrected chi connectivity index (χ2v) is 10.3. The molecule has 2 N–H and O–H groups in total. The minimum absolute atomic E-state index is 0.00333. The maximum Gasteiger partial charge on any atom is 0.287 e. The van der Waals surface area contributed by atoms with Crippen molar-refractivity contribution < 1.29 is 17.6 Å². The molecule has 3 saturated carbocycles. The van der Waals surface area contributed by atoms with E-state index in [0.717, 1.165) is 25.7 Å². The van der Waals surface area contributed by atoms with Gasteiger partial charge >= 0.3 is 0 Å². The Morgan fingerprint density at radius 3 is 2.48 bits per heavy atom. The van der Waals surface area contributed by atoms with Gasteiger partial charge in [0.05, 0.1) is 0 Å². The number of fused-ring (bicyclic) bond motifs is 2. The first-order chi connectivity index (χ1) is 11.6. The lowest BCUT2D eigenvalue weighted by atomic mass is 9.69. The zero-order valence-electron chi connectivity index (χ0n) is 15.0. The number of rotatable bonds is 5. The number of furan rings is 1. The molecule has 7 heteroatoms. The predicted molar refractivity (Wildman–Crippen MR) is 92.5 cm³/mol. The monoisotopic (exact) mass is 366 g/mol. The standard InChI is InChI=1S/C18H26N2O4S/c1-17(2)11-8-9-18(17,3)14(10-11)19-16(21)13-6-7-15(24-13)25(22,23)20-12-4-5-12/h6-7,11-12,14,20H,4-5,8-10H2,1-3H3,(H,19,21)/t11-,14-,18-/m0/s1. The number of hydrogen-bond acceptors (Lipinski definition) is 4. The van der Waals surface area contributed by atoms with E-state index >= 15 is 0 Å². The van der Waals surface area contributed by atoms with Gasteiger partial charge in [0.2, 0.25) is 5.09 Å². The van der Waals surface area contributed by atoms with Crippen LogP contribution in [0.5, 0.6) is 0 Å². The maximum absolute atomic E-state index is 12.6. The Labute approximate surface area is 148 Å². The molecular formula is C18H26N2O4S. The van der Waals surface area contributed by atoms with Gasteiger partial charge in [-0.05, 0) is 61.0 Å². The molecule has 0 radical (unpaired) electrons. The summed E-state index contributed by atoms with van der Waals surface area (Å²) in [5.74, 6) is 0.348. The number of carbonyl (C=O) groups is 1. The van der Waals surface area contributed by atoms with E-state index in [4.69, 9.17) is 4.42 Å². The van der Waals surface area contributed by atoms with Gasteiger partial charge in [0, 0.05) is 12.1 Å². The molecule has 1 aromatic heterocycles.